The van der Waals surface area contributed by atoms with Crippen LogP contribution in [0.4, 0.5) is 0 Å². The van der Waals surface area contributed by atoms with Crippen molar-refractivity contribution >= 4 is 23.7 Å². The minimum absolute atomic E-state index is 0.0519. The van der Waals surface area contributed by atoms with Crippen LogP contribution in [0.2, 0.25) is 0 Å². The van der Waals surface area contributed by atoms with Gasteiger partial charge in [0, 0.05) is 19.4 Å². The van der Waals surface area contributed by atoms with E-state index in [4.69, 9.17) is 14.2 Å². The van der Waals surface area contributed by atoms with E-state index in [2.05, 4.69) is 13.2 Å². The number of ether oxygens (including phenoxy) is 3. The van der Waals surface area contributed by atoms with Crippen molar-refractivity contribution in [3.8, 4) is 0 Å². The van der Waals surface area contributed by atoms with Crippen molar-refractivity contribution < 1.29 is 33.4 Å². The van der Waals surface area contributed by atoms with Crippen molar-refractivity contribution in [1.29, 1.82) is 0 Å². The third-order valence-corrected chi connectivity index (χ3v) is 4.44. The molecule has 0 bridgehead atoms. The van der Waals surface area contributed by atoms with Gasteiger partial charge < -0.3 is 14.2 Å². The molecule has 1 heterocycles. The van der Waals surface area contributed by atoms with Crippen molar-refractivity contribution in [2.75, 3.05) is 0 Å². The fourth-order valence-corrected chi connectivity index (χ4v) is 3.14. The van der Waals surface area contributed by atoms with Crippen molar-refractivity contribution in [1.82, 2.24) is 0 Å². The standard InChI is InChI=1S/C19H22O7/c1-9-6-7-14(24-12(4)20)10(2)8-15-16(11(3)19(23)26-15)18(17(9)22)25-13(5)21/h8,14-16,18H,1,3,6-7H2,2,4-5H3/b10-8+/t14-,15-,16+,18-/m0/s1. The van der Waals surface area contributed by atoms with Gasteiger partial charge in [-0.25, -0.2) is 4.79 Å². The van der Waals surface area contributed by atoms with E-state index in [1.54, 1.807) is 13.0 Å². The van der Waals surface area contributed by atoms with Crippen molar-refractivity contribution in [2.24, 2.45) is 5.92 Å². The molecule has 0 amide bonds. The number of carbonyl (C=O) groups is 4. The number of carbonyl (C=O) groups excluding carboxylic acids is 4. The largest absolute Gasteiger partial charge is 0.458 e. The lowest BCUT2D eigenvalue weighted by Gasteiger charge is -2.28. The highest BCUT2D eigenvalue weighted by molar-refractivity contribution is 6.02. The van der Waals surface area contributed by atoms with Crippen molar-refractivity contribution in [2.45, 2.75) is 51.9 Å². The molecule has 1 fully saturated rings. The van der Waals surface area contributed by atoms with Crippen LogP contribution in [0.1, 0.15) is 33.6 Å². The quantitative estimate of drug-likeness (QED) is 0.320. The molecule has 140 valence electrons. The lowest BCUT2D eigenvalue weighted by Crippen LogP contribution is -2.40. The summed E-state index contributed by atoms with van der Waals surface area (Å²) in [5.74, 6) is -3.13. The van der Waals surface area contributed by atoms with E-state index in [1.165, 1.54) is 13.8 Å². The molecular formula is C19H22O7. The molecule has 2 aliphatic rings. The van der Waals surface area contributed by atoms with Crippen LogP contribution in [-0.4, -0.2) is 42.0 Å². The molecule has 0 unspecified atom stereocenters. The molecule has 7 nitrogen and oxygen atoms in total. The van der Waals surface area contributed by atoms with Gasteiger partial charge in [-0.1, -0.05) is 13.2 Å². The van der Waals surface area contributed by atoms with Gasteiger partial charge in [0.25, 0.3) is 0 Å². The Morgan fingerprint density at radius 2 is 1.77 bits per heavy atom. The molecule has 0 aromatic heterocycles. The maximum atomic E-state index is 12.8. The first-order valence-electron chi connectivity index (χ1n) is 8.26. The maximum Gasteiger partial charge on any atom is 0.334 e. The molecule has 0 aromatic rings. The second kappa shape index (κ2) is 7.68. The number of fused-ring (bicyclic) bond motifs is 1. The molecule has 0 N–H and O–H groups in total. The van der Waals surface area contributed by atoms with Gasteiger partial charge in [-0.3, -0.25) is 14.4 Å². The third kappa shape index (κ3) is 4.09. The summed E-state index contributed by atoms with van der Waals surface area (Å²) >= 11 is 0. The average Bonchev–Trinajstić information content (AvgIpc) is 2.81. The lowest BCUT2D eigenvalue weighted by atomic mass is 9.83. The van der Waals surface area contributed by atoms with Crippen molar-refractivity contribution in [3.05, 3.63) is 36.0 Å². The van der Waals surface area contributed by atoms with Crippen LogP contribution in [0, 0.1) is 5.92 Å². The predicted octanol–water partition coefficient (Wildman–Crippen LogP) is 1.81. The number of hydrogen-bond acceptors (Lipinski definition) is 7. The Morgan fingerprint density at radius 1 is 1.15 bits per heavy atom. The van der Waals surface area contributed by atoms with Gasteiger partial charge in [-0.2, -0.15) is 0 Å². The van der Waals surface area contributed by atoms with Gasteiger partial charge in [0.05, 0.1) is 5.92 Å². The first-order chi connectivity index (χ1) is 12.1. The highest BCUT2D eigenvalue weighted by atomic mass is 16.6. The molecule has 1 saturated heterocycles. The van der Waals surface area contributed by atoms with Crippen LogP contribution >= 0.6 is 0 Å². The molecule has 26 heavy (non-hydrogen) atoms. The van der Waals surface area contributed by atoms with Gasteiger partial charge in [0.2, 0.25) is 0 Å². The number of ketones is 1. The van der Waals surface area contributed by atoms with E-state index in [1.807, 2.05) is 0 Å². The van der Waals surface area contributed by atoms with Crippen molar-refractivity contribution in [3.63, 3.8) is 0 Å². The lowest BCUT2D eigenvalue weighted by molar-refractivity contribution is -0.155. The summed E-state index contributed by atoms with van der Waals surface area (Å²) in [6.45, 7) is 11.7. The van der Waals surface area contributed by atoms with E-state index >= 15 is 0 Å². The summed E-state index contributed by atoms with van der Waals surface area (Å²) in [5, 5.41) is 0. The van der Waals surface area contributed by atoms with E-state index in [9.17, 15) is 19.2 Å². The molecule has 0 radical (unpaired) electrons. The minimum atomic E-state index is -1.24. The maximum absolute atomic E-state index is 12.8. The van der Waals surface area contributed by atoms with Gasteiger partial charge in [-0.05, 0) is 37.0 Å². The normalized spacial score (nSPS) is 31.4. The number of esters is 3. The molecular weight excluding hydrogens is 340 g/mol. The van der Waals surface area contributed by atoms with Crippen LogP contribution in [0.3, 0.4) is 0 Å². The van der Waals surface area contributed by atoms with Crippen LogP contribution in [-0.2, 0) is 33.4 Å². The van der Waals surface area contributed by atoms with Crippen LogP contribution in [0.25, 0.3) is 0 Å². The van der Waals surface area contributed by atoms with E-state index in [0.29, 0.717) is 12.0 Å². The summed E-state index contributed by atoms with van der Waals surface area (Å²) in [5.41, 5.74) is 0.937. The van der Waals surface area contributed by atoms with Gasteiger partial charge in [-0.15, -0.1) is 0 Å². The summed E-state index contributed by atoms with van der Waals surface area (Å²) in [6.07, 6.45) is -0.461. The third-order valence-electron chi connectivity index (χ3n) is 4.44. The Balaban J connectivity index is 2.50. The number of hydrogen-bond donors (Lipinski definition) is 0. The fraction of sp³-hybridized carbons (Fsp3) is 0.474. The second-order valence-corrected chi connectivity index (χ2v) is 6.47. The first-order valence-corrected chi connectivity index (χ1v) is 8.26. The molecule has 1 aliphatic heterocycles. The molecule has 4 atom stereocenters. The summed E-state index contributed by atoms with van der Waals surface area (Å²) in [7, 11) is 0. The Bertz CT molecular complexity index is 715. The SMILES string of the molecule is C=C1CC[C@H](OC(C)=O)/C(C)=C/[C@@H]2OC(=O)C(=C)[C@H]2[C@H](OC(C)=O)C1=O. The zero-order valence-corrected chi connectivity index (χ0v) is 15.1. The van der Waals surface area contributed by atoms with Gasteiger partial charge in [0.1, 0.15) is 12.2 Å². The Kier molecular flexibility index (Phi) is 5.79. The highest BCUT2D eigenvalue weighted by Crippen LogP contribution is 2.36. The molecule has 0 aromatic carbocycles. The molecule has 7 heteroatoms. The number of Topliss-reactive ketones (excluding diaryl/α,β-unsaturated/α-hetero) is 1. The predicted molar refractivity (Wildman–Crippen MR) is 90.8 cm³/mol. The van der Waals surface area contributed by atoms with Crippen LogP contribution in [0.5, 0.6) is 0 Å². The topological polar surface area (TPSA) is 96.0 Å². The average molecular weight is 362 g/mol. The van der Waals surface area contributed by atoms with E-state index in [-0.39, 0.29) is 17.6 Å². The summed E-state index contributed by atoms with van der Waals surface area (Å²) in [4.78, 5) is 47.7. The van der Waals surface area contributed by atoms with E-state index < -0.39 is 47.9 Å². The zero-order valence-electron chi connectivity index (χ0n) is 15.1. The highest BCUT2D eigenvalue weighted by Gasteiger charge is 2.48. The molecule has 0 saturated carbocycles. The van der Waals surface area contributed by atoms with E-state index in [0.717, 1.165) is 0 Å². The van der Waals surface area contributed by atoms with Crippen LogP contribution in [0.15, 0.2) is 36.0 Å². The Hall–Kier alpha value is -2.70. The van der Waals surface area contributed by atoms with Gasteiger partial charge >= 0.3 is 17.9 Å². The molecule has 0 spiro atoms. The van der Waals surface area contributed by atoms with Crippen LogP contribution < -0.4 is 0 Å². The zero-order chi connectivity index (χ0) is 19.6. The first kappa shape index (κ1) is 19.6. The van der Waals surface area contributed by atoms with Gasteiger partial charge in [0.15, 0.2) is 11.9 Å². The Morgan fingerprint density at radius 3 is 2.35 bits per heavy atom. The summed E-state index contributed by atoms with van der Waals surface area (Å²) in [6, 6.07) is 0. The second-order valence-electron chi connectivity index (χ2n) is 6.47. The molecule has 2 rings (SSSR count). The summed E-state index contributed by atoms with van der Waals surface area (Å²) < 4.78 is 15.8. The smallest absolute Gasteiger partial charge is 0.334 e. The Labute approximate surface area is 151 Å². The minimum Gasteiger partial charge on any atom is -0.458 e. The monoisotopic (exact) mass is 362 g/mol. The molecule has 1 aliphatic carbocycles. The number of rotatable bonds is 2. The fourth-order valence-electron chi connectivity index (χ4n) is 3.14.